The van der Waals surface area contributed by atoms with Crippen molar-refractivity contribution in [3.05, 3.63) is 83.2 Å². The first-order valence-electron chi connectivity index (χ1n) is 13.1. The first-order valence-corrected chi connectivity index (χ1v) is 13.8. The number of ether oxygens (including phenoxy) is 1. The SMILES string of the molecule is O=C(Nc1cc(C(F)(F)F)cc(C(F)(F)F)c1)N1CCN(c2nsnc2OCc2ccnc(NCc3ccccc3)n2)CC1. The Morgan fingerprint density at radius 1 is 0.909 bits per heavy atom. The molecule has 0 unspecified atom stereocenters. The standard InChI is InChI=1S/C27H24F6N8O2S/c28-26(29,30)18-12-19(27(31,32)33)14-21(13-18)37-25(42)41-10-8-40(9-11-41)22-23(39-44-38-22)43-16-20-6-7-34-24(36-20)35-15-17-4-2-1-3-5-17/h1-7,12-14H,8-11,15-16H2,(H,37,42)(H,34,35,36). The van der Waals surface area contributed by atoms with Crippen LogP contribution >= 0.6 is 11.7 Å². The number of aromatic nitrogens is 4. The Hall–Kier alpha value is -4.67. The predicted octanol–water partition coefficient (Wildman–Crippen LogP) is 5.91. The molecule has 2 aromatic carbocycles. The second-order valence-corrected chi connectivity index (χ2v) is 10.1. The van der Waals surface area contributed by atoms with Crippen molar-refractivity contribution < 1.29 is 35.9 Å². The second-order valence-electron chi connectivity index (χ2n) is 9.59. The molecule has 0 bridgehead atoms. The highest BCUT2D eigenvalue weighted by Crippen LogP contribution is 2.37. The average molecular weight is 639 g/mol. The van der Waals surface area contributed by atoms with Crippen molar-refractivity contribution in [2.75, 3.05) is 41.7 Å². The van der Waals surface area contributed by atoms with Crippen LogP contribution in [0.5, 0.6) is 5.88 Å². The summed E-state index contributed by atoms with van der Waals surface area (Å²) in [6, 6.07) is 11.6. The molecule has 1 aliphatic heterocycles. The number of benzene rings is 2. The number of nitrogens with one attached hydrogen (secondary N) is 2. The monoisotopic (exact) mass is 638 g/mol. The highest BCUT2D eigenvalue weighted by molar-refractivity contribution is 6.99. The number of amides is 2. The molecule has 2 amide bonds. The summed E-state index contributed by atoms with van der Waals surface area (Å²) in [4.78, 5) is 24.5. The van der Waals surface area contributed by atoms with Gasteiger partial charge in [-0.15, -0.1) is 4.37 Å². The Balaban J connectivity index is 1.16. The third kappa shape index (κ3) is 7.83. The first kappa shape index (κ1) is 30.8. The van der Waals surface area contributed by atoms with E-state index >= 15 is 0 Å². The smallest absolute Gasteiger partial charge is 0.416 e. The summed E-state index contributed by atoms with van der Waals surface area (Å²) in [5.74, 6) is 1.13. The Morgan fingerprint density at radius 3 is 2.25 bits per heavy atom. The number of hydrogen-bond donors (Lipinski definition) is 2. The maximum Gasteiger partial charge on any atom is 0.416 e. The molecule has 1 aliphatic rings. The molecule has 44 heavy (non-hydrogen) atoms. The highest BCUT2D eigenvalue weighted by Gasteiger charge is 2.37. The van der Waals surface area contributed by atoms with Crippen molar-refractivity contribution in [3.8, 4) is 5.88 Å². The molecule has 0 saturated carbocycles. The van der Waals surface area contributed by atoms with Gasteiger partial charge in [-0.3, -0.25) is 0 Å². The van der Waals surface area contributed by atoms with Crippen LogP contribution in [0.15, 0.2) is 60.8 Å². The molecule has 1 saturated heterocycles. The topological polar surface area (TPSA) is 108 Å². The van der Waals surface area contributed by atoms with Crippen LogP contribution in [-0.4, -0.2) is 55.8 Å². The number of hydrogen-bond acceptors (Lipinski definition) is 9. The van der Waals surface area contributed by atoms with Gasteiger partial charge >= 0.3 is 18.4 Å². The van der Waals surface area contributed by atoms with Crippen LogP contribution in [0.1, 0.15) is 22.4 Å². The minimum absolute atomic E-state index is 0.00254. The highest BCUT2D eigenvalue weighted by atomic mass is 32.1. The van der Waals surface area contributed by atoms with Crippen molar-refractivity contribution in [2.24, 2.45) is 0 Å². The maximum atomic E-state index is 13.2. The molecule has 17 heteroatoms. The summed E-state index contributed by atoms with van der Waals surface area (Å²) in [6.07, 6.45) is -8.45. The maximum absolute atomic E-state index is 13.2. The number of carbonyl (C=O) groups excluding carboxylic acids is 1. The minimum Gasteiger partial charge on any atom is -0.468 e. The fraction of sp³-hybridized carbons (Fsp3) is 0.296. The third-order valence-electron chi connectivity index (χ3n) is 6.51. The second kappa shape index (κ2) is 12.9. The number of urea groups is 1. The number of alkyl halides is 6. The van der Waals surface area contributed by atoms with Crippen LogP contribution in [0.25, 0.3) is 0 Å². The van der Waals surface area contributed by atoms with Gasteiger partial charge in [0.15, 0.2) is 0 Å². The number of rotatable bonds is 8. The van der Waals surface area contributed by atoms with Crippen LogP contribution in [0.2, 0.25) is 0 Å². The number of nitrogens with zero attached hydrogens (tertiary/aromatic N) is 6. The van der Waals surface area contributed by atoms with Crippen LogP contribution in [0.4, 0.5) is 48.6 Å². The largest absolute Gasteiger partial charge is 0.468 e. The Kier molecular flexibility index (Phi) is 9.03. The van der Waals surface area contributed by atoms with Gasteiger partial charge in [0.05, 0.1) is 28.5 Å². The molecule has 0 aliphatic carbocycles. The zero-order valence-corrected chi connectivity index (χ0v) is 23.5. The number of halogens is 6. The van der Waals surface area contributed by atoms with E-state index in [0.29, 0.717) is 36.1 Å². The van der Waals surface area contributed by atoms with Gasteiger partial charge in [0.2, 0.25) is 11.8 Å². The summed E-state index contributed by atoms with van der Waals surface area (Å²) in [5.41, 5.74) is -1.98. The Bertz CT molecular complexity index is 1540. The lowest BCUT2D eigenvalue weighted by Crippen LogP contribution is -2.50. The van der Waals surface area contributed by atoms with Gasteiger partial charge in [0.25, 0.3) is 5.88 Å². The molecular weight excluding hydrogens is 614 g/mol. The van der Waals surface area contributed by atoms with Crippen molar-refractivity contribution in [1.82, 2.24) is 23.6 Å². The zero-order valence-electron chi connectivity index (χ0n) is 22.7. The molecule has 10 nitrogen and oxygen atoms in total. The van der Waals surface area contributed by atoms with E-state index in [4.69, 9.17) is 4.74 Å². The average Bonchev–Trinajstić information content (AvgIpc) is 3.47. The lowest BCUT2D eigenvalue weighted by atomic mass is 10.1. The normalized spacial score (nSPS) is 14.0. The number of piperazine rings is 1. The van der Waals surface area contributed by atoms with Crippen LogP contribution in [0, 0.1) is 0 Å². The quantitative estimate of drug-likeness (QED) is 0.230. The number of anilines is 3. The summed E-state index contributed by atoms with van der Waals surface area (Å²) in [7, 11) is 0. The number of carbonyl (C=O) groups is 1. The van der Waals surface area contributed by atoms with Gasteiger partial charge in [0, 0.05) is 44.6 Å². The van der Waals surface area contributed by atoms with Gasteiger partial charge < -0.3 is 25.2 Å². The van der Waals surface area contributed by atoms with Crippen LogP contribution in [0.3, 0.4) is 0 Å². The molecule has 2 aromatic heterocycles. The van der Waals surface area contributed by atoms with Crippen molar-refractivity contribution in [3.63, 3.8) is 0 Å². The molecular formula is C27H24F6N8O2S. The Labute approximate surface area is 251 Å². The van der Waals surface area contributed by atoms with E-state index in [1.165, 1.54) is 4.90 Å². The van der Waals surface area contributed by atoms with Crippen molar-refractivity contribution >= 4 is 35.2 Å². The summed E-state index contributed by atoms with van der Waals surface area (Å²) in [6.45, 7) is 1.41. The molecule has 1 fully saturated rings. The molecule has 232 valence electrons. The van der Waals surface area contributed by atoms with E-state index < -0.39 is 35.2 Å². The van der Waals surface area contributed by atoms with E-state index in [-0.39, 0.29) is 44.7 Å². The van der Waals surface area contributed by atoms with E-state index in [1.807, 2.05) is 35.2 Å². The van der Waals surface area contributed by atoms with E-state index in [1.54, 1.807) is 12.3 Å². The van der Waals surface area contributed by atoms with Crippen molar-refractivity contribution in [1.29, 1.82) is 0 Å². The summed E-state index contributed by atoms with van der Waals surface area (Å²) >= 11 is 0.931. The molecule has 0 spiro atoms. The third-order valence-corrected chi connectivity index (χ3v) is 7.01. The lowest BCUT2D eigenvalue weighted by Gasteiger charge is -2.34. The summed E-state index contributed by atoms with van der Waals surface area (Å²) < 4.78 is 93.4. The molecule has 4 aromatic rings. The fourth-order valence-electron chi connectivity index (χ4n) is 4.29. The van der Waals surface area contributed by atoms with Gasteiger partial charge in [-0.2, -0.15) is 30.7 Å². The van der Waals surface area contributed by atoms with Crippen LogP contribution in [-0.2, 0) is 25.5 Å². The molecule has 5 rings (SSSR count). The lowest BCUT2D eigenvalue weighted by molar-refractivity contribution is -0.143. The first-order chi connectivity index (χ1) is 21.0. The van der Waals surface area contributed by atoms with Gasteiger partial charge in [0.1, 0.15) is 6.61 Å². The predicted molar refractivity (Wildman–Crippen MR) is 149 cm³/mol. The fourth-order valence-corrected chi connectivity index (χ4v) is 4.81. The minimum atomic E-state index is -5.03. The van der Waals surface area contributed by atoms with Crippen molar-refractivity contribution in [2.45, 2.75) is 25.5 Å². The molecule has 0 atom stereocenters. The zero-order chi connectivity index (χ0) is 31.3. The molecule has 2 N–H and O–H groups in total. The van der Waals surface area contributed by atoms with E-state index in [0.717, 1.165) is 17.3 Å². The summed E-state index contributed by atoms with van der Waals surface area (Å²) in [5, 5.41) is 5.31. The van der Waals surface area contributed by atoms with Gasteiger partial charge in [-0.05, 0) is 29.8 Å². The van der Waals surface area contributed by atoms with Crippen LogP contribution < -0.4 is 20.3 Å². The van der Waals surface area contributed by atoms with Gasteiger partial charge in [-0.1, -0.05) is 30.3 Å². The van der Waals surface area contributed by atoms with E-state index in [9.17, 15) is 31.1 Å². The molecule has 0 radical (unpaired) electrons. The van der Waals surface area contributed by atoms with Gasteiger partial charge in [-0.25, -0.2) is 14.8 Å². The Morgan fingerprint density at radius 2 is 1.59 bits per heavy atom. The molecule has 3 heterocycles. The van der Waals surface area contributed by atoms with E-state index in [2.05, 4.69) is 29.3 Å².